The Morgan fingerprint density at radius 3 is 2.75 bits per heavy atom. The van der Waals surface area contributed by atoms with Gasteiger partial charge < -0.3 is 18.9 Å². The predicted molar refractivity (Wildman–Crippen MR) is 161 cm³/mol. The van der Waals surface area contributed by atoms with Crippen molar-refractivity contribution in [2.75, 3.05) is 13.1 Å². The van der Waals surface area contributed by atoms with Gasteiger partial charge in [-0.25, -0.2) is 0 Å². The summed E-state index contributed by atoms with van der Waals surface area (Å²) in [6, 6.07) is 16.8. The van der Waals surface area contributed by atoms with Crippen molar-refractivity contribution in [1.82, 2.24) is 9.47 Å². The Morgan fingerprint density at radius 1 is 1.15 bits per heavy atom. The van der Waals surface area contributed by atoms with Gasteiger partial charge in [-0.05, 0) is 77.0 Å². The van der Waals surface area contributed by atoms with Gasteiger partial charge in [-0.2, -0.15) is 0 Å². The first-order valence-corrected chi connectivity index (χ1v) is 15.4. The Balaban J connectivity index is 1.15. The molecule has 3 aliphatic heterocycles. The van der Waals surface area contributed by atoms with Gasteiger partial charge in [0, 0.05) is 65.9 Å². The van der Waals surface area contributed by atoms with E-state index in [1.807, 2.05) is 0 Å². The van der Waals surface area contributed by atoms with Crippen LogP contribution in [-0.4, -0.2) is 45.0 Å². The fourth-order valence-corrected chi connectivity index (χ4v) is 7.62. The number of para-hydroxylation sites is 2. The number of carbonyl (C=O) groups is 1. The zero-order valence-electron chi connectivity index (χ0n) is 24.4. The minimum Gasteiger partial charge on any atom is -0.487 e. The molecule has 3 aliphatic rings. The van der Waals surface area contributed by atoms with Gasteiger partial charge in [0.2, 0.25) is 5.91 Å². The highest BCUT2D eigenvalue weighted by atomic mass is 35.5. The summed E-state index contributed by atoms with van der Waals surface area (Å²) in [7, 11) is 2.08. The highest BCUT2D eigenvalue weighted by Crippen LogP contribution is 2.54. The summed E-state index contributed by atoms with van der Waals surface area (Å²) in [6.45, 7) is 7.97. The topological polar surface area (TPSA) is 43.7 Å². The van der Waals surface area contributed by atoms with Crippen LogP contribution < -0.4 is 4.74 Å². The molecule has 1 amide bonds. The molecule has 2 saturated heterocycles. The molecule has 6 rings (SSSR count). The maximum atomic E-state index is 13.4. The van der Waals surface area contributed by atoms with E-state index in [1.54, 1.807) is 0 Å². The highest BCUT2D eigenvalue weighted by Gasteiger charge is 2.53. The van der Waals surface area contributed by atoms with E-state index in [2.05, 4.69) is 92.0 Å². The van der Waals surface area contributed by atoms with E-state index in [-0.39, 0.29) is 34.5 Å². The lowest BCUT2D eigenvalue weighted by molar-refractivity contribution is -0.193. The summed E-state index contributed by atoms with van der Waals surface area (Å²) < 4.78 is 15.9. The standard InChI is InChI=1S/C34H43ClN2O3/c1-33(2,35)17-9-18-34(3)27-20-24-22-37(19-16-29(24)39-32(27)26-11-6-8-13-30(26)40-34)31(38)15-14-23-21-36(4)28-12-7-5-10-25(23)28/h5-8,10-13,21,24,27,29,32H,9,14-20,22H2,1-4H3/t24-,27-,29-,32+,34+/m0/s1. The summed E-state index contributed by atoms with van der Waals surface area (Å²) in [5.41, 5.74) is 3.31. The Kier molecular flexibility index (Phi) is 7.41. The van der Waals surface area contributed by atoms with E-state index in [1.165, 1.54) is 22.0 Å². The number of piperidine rings is 1. The number of alkyl halides is 1. The van der Waals surface area contributed by atoms with Gasteiger partial charge in [-0.1, -0.05) is 36.4 Å². The van der Waals surface area contributed by atoms with Crippen LogP contribution in [-0.2, 0) is 23.0 Å². The number of fused-ring (bicyclic) bond motifs is 5. The van der Waals surface area contributed by atoms with Gasteiger partial charge >= 0.3 is 0 Å². The number of aromatic nitrogens is 1. The minimum absolute atomic E-state index is 0.0359. The van der Waals surface area contributed by atoms with Gasteiger partial charge in [-0.3, -0.25) is 4.79 Å². The summed E-state index contributed by atoms with van der Waals surface area (Å²) in [5, 5.41) is 1.25. The van der Waals surface area contributed by atoms with E-state index in [9.17, 15) is 4.79 Å². The van der Waals surface area contributed by atoms with Gasteiger partial charge in [0.05, 0.1) is 12.2 Å². The number of aryl methyl sites for hydroxylation is 2. The van der Waals surface area contributed by atoms with Crippen LogP contribution in [0.4, 0.5) is 0 Å². The molecule has 214 valence electrons. The smallest absolute Gasteiger partial charge is 0.222 e. The maximum Gasteiger partial charge on any atom is 0.222 e. The largest absolute Gasteiger partial charge is 0.487 e. The molecule has 40 heavy (non-hydrogen) atoms. The van der Waals surface area contributed by atoms with E-state index < -0.39 is 0 Å². The molecule has 0 N–H and O–H groups in total. The minimum atomic E-state index is -0.327. The first kappa shape index (κ1) is 27.7. The number of hydrogen-bond acceptors (Lipinski definition) is 3. The number of carbonyl (C=O) groups excluding carboxylic acids is 1. The normalized spacial score (nSPS) is 28.0. The molecule has 5 atom stereocenters. The van der Waals surface area contributed by atoms with Crippen LogP contribution in [0.25, 0.3) is 10.9 Å². The number of amides is 1. The Bertz CT molecular complexity index is 1380. The van der Waals surface area contributed by atoms with E-state index in [0.717, 1.165) is 57.4 Å². The molecule has 0 unspecified atom stereocenters. The zero-order valence-corrected chi connectivity index (χ0v) is 25.1. The predicted octanol–water partition coefficient (Wildman–Crippen LogP) is 7.44. The third-order valence-corrected chi connectivity index (χ3v) is 9.83. The van der Waals surface area contributed by atoms with Crippen LogP contribution in [0.5, 0.6) is 5.75 Å². The number of ether oxygens (including phenoxy) is 2. The van der Waals surface area contributed by atoms with Crippen LogP contribution in [0.15, 0.2) is 54.7 Å². The maximum absolute atomic E-state index is 13.4. The van der Waals surface area contributed by atoms with Crippen LogP contribution >= 0.6 is 11.6 Å². The second-order valence-electron chi connectivity index (χ2n) is 13.1. The average Bonchev–Trinajstić information content (AvgIpc) is 3.25. The SMILES string of the molecule is Cn1cc(CCC(=O)N2CC[C@@H]3O[C@@H]4c5ccccc5O[C@](C)(CCCC(C)(C)Cl)[C@H]4C[C@H]3C2)c2ccccc21. The van der Waals surface area contributed by atoms with Crippen molar-refractivity contribution in [3.8, 4) is 5.75 Å². The first-order valence-electron chi connectivity index (χ1n) is 15.0. The lowest BCUT2D eigenvalue weighted by atomic mass is 9.68. The third-order valence-electron chi connectivity index (χ3n) is 9.65. The van der Waals surface area contributed by atoms with Crippen molar-refractivity contribution in [3.05, 3.63) is 65.9 Å². The monoisotopic (exact) mass is 562 g/mol. The van der Waals surface area contributed by atoms with Crippen molar-refractivity contribution >= 4 is 28.4 Å². The van der Waals surface area contributed by atoms with Crippen LogP contribution in [0.1, 0.15) is 76.5 Å². The van der Waals surface area contributed by atoms with Crippen molar-refractivity contribution in [3.63, 3.8) is 0 Å². The Labute approximate surface area is 243 Å². The quantitative estimate of drug-likeness (QED) is 0.281. The summed E-state index contributed by atoms with van der Waals surface area (Å²) in [6.07, 6.45) is 8.50. The molecule has 0 spiro atoms. The second kappa shape index (κ2) is 10.7. The van der Waals surface area contributed by atoms with Gasteiger partial charge in [0.15, 0.2) is 0 Å². The molecule has 2 fully saturated rings. The first-order chi connectivity index (χ1) is 19.1. The molecule has 0 saturated carbocycles. The van der Waals surface area contributed by atoms with Crippen molar-refractivity contribution < 1.29 is 14.3 Å². The number of likely N-dealkylation sites (tertiary alicyclic amines) is 1. The molecule has 0 aliphatic carbocycles. The molecule has 1 aromatic heterocycles. The van der Waals surface area contributed by atoms with Crippen LogP contribution in [0, 0.1) is 11.8 Å². The zero-order chi connectivity index (χ0) is 28.1. The van der Waals surface area contributed by atoms with Crippen LogP contribution in [0.3, 0.4) is 0 Å². The number of nitrogens with zero attached hydrogens (tertiary/aromatic N) is 2. The second-order valence-corrected chi connectivity index (χ2v) is 14.2. The molecule has 5 nitrogen and oxygen atoms in total. The number of hydrogen-bond donors (Lipinski definition) is 0. The third kappa shape index (κ3) is 5.39. The highest BCUT2D eigenvalue weighted by molar-refractivity contribution is 6.23. The van der Waals surface area contributed by atoms with Crippen molar-refractivity contribution in [2.24, 2.45) is 18.9 Å². The molecule has 0 radical (unpaired) electrons. The Morgan fingerprint density at radius 2 is 1.93 bits per heavy atom. The van der Waals surface area contributed by atoms with E-state index >= 15 is 0 Å². The molecule has 4 heterocycles. The van der Waals surface area contributed by atoms with Crippen molar-refractivity contribution in [1.29, 1.82) is 0 Å². The van der Waals surface area contributed by atoms with E-state index in [4.69, 9.17) is 21.1 Å². The summed E-state index contributed by atoms with van der Waals surface area (Å²) >= 11 is 6.54. The molecule has 3 aromatic rings. The van der Waals surface area contributed by atoms with Gasteiger partial charge in [-0.15, -0.1) is 11.6 Å². The van der Waals surface area contributed by atoms with Crippen LogP contribution in [0.2, 0.25) is 0 Å². The molecule has 0 bridgehead atoms. The van der Waals surface area contributed by atoms with Crippen molar-refractivity contribution in [2.45, 2.75) is 88.4 Å². The molecule has 6 heteroatoms. The molecular formula is C34H43ClN2O3. The van der Waals surface area contributed by atoms with E-state index in [0.29, 0.717) is 12.3 Å². The number of rotatable bonds is 7. The molecular weight excluding hydrogens is 520 g/mol. The fraction of sp³-hybridized carbons (Fsp3) is 0.559. The summed E-state index contributed by atoms with van der Waals surface area (Å²) in [5.74, 6) is 1.78. The Hall–Kier alpha value is -2.50. The average molecular weight is 563 g/mol. The van der Waals surface area contributed by atoms with Gasteiger partial charge in [0.1, 0.15) is 11.4 Å². The fourth-order valence-electron chi connectivity index (χ4n) is 7.49. The molecule has 2 aromatic carbocycles. The number of benzene rings is 2. The van der Waals surface area contributed by atoms with Gasteiger partial charge in [0.25, 0.3) is 0 Å². The number of halogens is 1. The summed E-state index contributed by atoms with van der Waals surface area (Å²) in [4.78, 5) is 15.3. The lowest BCUT2D eigenvalue weighted by Crippen LogP contribution is -2.56. The lowest BCUT2D eigenvalue weighted by Gasteiger charge is -2.54.